The molecule has 0 spiro atoms. The lowest BCUT2D eigenvalue weighted by atomic mass is 9.95. The number of rotatable bonds is 11. The van der Waals surface area contributed by atoms with Crippen LogP contribution < -0.4 is 26.8 Å². The van der Waals surface area contributed by atoms with Gasteiger partial charge in [-0.05, 0) is 31.9 Å². The second-order valence-electron chi connectivity index (χ2n) is 11.1. The quantitative estimate of drug-likeness (QED) is 0.143. The van der Waals surface area contributed by atoms with Crippen LogP contribution in [-0.2, 0) is 28.2 Å². The number of amides is 3. The lowest BCUT2D eigenvalue weighted by molar-refractivity contribution is -0.124. The van der Waals surface area contributed by atoms with Crippen LogP contribution in [0.3, 0.4) is 0 Å². The number of fused-ring (bicyclic) bond motifs is 1. The number of nitrogens with one attached hydrogen (secondary N) is 2. The molecular weight excluding hydrogens is 578 g/mol. The molecule has 2 heterocycles. The van der Waals surface area contributed by atoms with Gasteiger partial charge in [-0.2, -0.15) is 4.99 Å². The Kier molecular flexibility index (Phi) is 10.1. The largest absolute Gasteiger partial charge is 0.465 e. The van der Waals surface area contributed by atoms with Gasteiger partial charge >= 0.3 is 12.2 Å². The van der Waals surface area contributed by atoms with Crippen molar-refractivity contribution in [1.82, 2.24) is 20.2 Å². The number of carbonyl (C=O) groups excluding carboxylic acids is 2. The maximum atomic E-state index is 13.7. The van der Waals surface area contributed by atoms with Crippen molar-refractivity contribution >= 4 is 29.6 Å². The van der Waals surface area contributed by atoms with E-state index >= 15 is 0 Å². The monoisotopic (exact) mass is 615 g/mol. The third-order valence-corrected chi connectivity index (χ3v) is 7.26. The highest BCUT2D eigenvalue weighted by molar-refractivity contribution is 6.02. The first-order chi connectivity index (χ1) is 21.4. The minimum atomic E-state index is -1.34. The second kappa shape index (κ2) is 14.0. The van der Waals surface area contributed by atoms with Crippen LogP contribution in [0.4, 0.5) is 15.3 Å². The van der Waals surface area contributed by atoms with Gasteiger partial charge < -0.3 is 26.2 Å². The van der Waals surface area contributed by atoms with E-state index in [2.05, 4.69) is 27.2 Å². The summed E-state index contributed by atoms with van der Waals surface area (Å²) in [6, 6.07) is 15.1. The molecule has 2 unspecified atom stereocenters. The van der Waals surface area contributed by atoms with E-state index in [0.29, 0.717) is 11.4 Å². The van der Waals surface area contributed by atoms with Crippen LogP contribution in [-0.4, -0.2) is 51.2 Å². The van der Waals surface area contributed by atoms with Crippen molar-refractivity contribution in [3.05, 3.63) is 106 Å². The fourth-order valence-electron chi connectivity index (χ4n) is 5.31. The van der Waals surface area contributed by atoms with Gasteiger partial charge in [0.1, 0.15) is 30.0 Å². The van der Waals surface area contributed by atoms with Crippen molar-refractivity contribution in [2.45, 2.75) is 58.0 Å². The molecule has 236 valence electrons. The van der Waals surface area contributed by atoms with Crippen molar-refractivity contribution in [2.24, 2.45) is 10.7 Å². The number of carbonyl (C=O) groups is 3. The summed E-state index contributed by atoms with van der Waals surface area (Å²) in [5.41, 5.74) is 6.42. The number of aromatic nitrogens is 2. The van der Waals surface area contributed by atoms with Gasteiger partial charge in [0.25, 0.3) is 5.56 Å². The molecule has 0 fully saturated rings. The number of ether oxygens (including phenoxy) is 1. The molecule has 1 aliphatic rings. The minimum Gasteiger partial charge on any atom is -0.465 e. The number of hydrogen-bond donors (Lipinski definition) is 4. The van der Waals surface area contributed by atoms with E-state index in [1.807, 2.05) is 51.1 Å². The highest BCUT2D eigenvalue weighted by Crippen LogP contribution is 2.38. The van der Waals surface area contributed by atoms with Crippen molar-refractivity contribution in [3.63, 3.8) is 0 Å². The van der Waals surface area contributed by atoms with Crippen molar-refractivity contribution in [2.75, 3.05) is 11.4 Å². The summed E-state index contributed by atoms with van der Waals surface area (Å²) in [5.74, 6) is -0.100. The first kappa shape index (κ1) is 32.6. The topological polar surface area (TPSA) is 181 Å². The van der Waals surface area contributed by atoms with Gasteiger partial charge in [-0.1, -0.05) is 60.7 Å². The van der Waals surface area contributed by atoms with Crippen LogP contribution in [0.1, 0.15) is 55.7 Å². The summed E-state index contributed by atoms with van der Waals surface area (Å²) in [4.78, 5) is 60.3. The zero-order valence-corrected chi connectivity index (χ0v) is 25.4. The third kappa shape index (κ3) is 7.62. The Morgan fingerprint density at radius 1 is 1.20 bits per heavy atom. The van der Waals surface area contributed by atoms with E-state index in [1.54, 1.807) is 24.3 Å². The molecule has 3 aromatic rings. The molecule has 3 amide bonds. The van der Waals surface area contributed by atoms with Crippen molar-refractivity contribution < 1.29 is 24.2 Å². The molecule has 13 heteroatoms. The number of aliphatic imine (C=N–C) groups is 1. The van der Waals surface area contributed by atoms with Gasteiger partial charge in [0, 0.05) is 31.1 Å². The number of nitrogens with zero attached hydrogens (tertiary/aromatic N) is 4. The SMILES string of the molecule is C=CCN(C(=O)O)c1cnc2n(c1=O)C(C(=O)NCc1ccc(/C(N)=N\C(=O)OCc3ccccc3)cc1)CC2(C)NC(C)C. The van der Waals surface area contributed by atoms with Crippen LogP contribution in [0.5, 0.6) is 0 Å². The molecule has 0 bridgehead atoms. The molecule has 5 N–H and O–H groups in total. The number of nitrogens with two attached hydrogens (primary N) is 1. The van der Waals surface area contributed by atoms with E-state index < -0.39 is 35.2 Å². The molecule has 2 atom stereocenters. The summed E-state index contributed by atoms with van der Waals surface area (Å²) in [6.45, 7) is 9.40. The smallest absolute Gasteiger partial charge is 0.435 e. The lowest BCUT2D eigenvalue weighted by Crippen LogP contribution is -2.44. The van der Waals surface area contributed by atoms with E-state index in [4.69, 9.17) is 10.5 Å². The van der Waals surface area contributed by atoms with Crippen LogP contribution in [0.15, 0.2) is 83.2 Å². The molecular formula is C32H37N7O6. The summed E-state index contributed by atoms with van der Waals surface area (Å²) >= 11 is 0. The molecule has 1 aliphatic heterocycles. The lowest BCUT2D eigenvalue weighted by Gasteiger charge is -2.28. The first-order valence-corrected chi connectivity index (χ1v) is 14.4. The zero-order valence-electron chi connectivity index (χ0n) is 25.4. The fourth-order valence-corrected chi connectivity index (χ4v) is 5.31. The van der Waals surface area contributed by atoms with Gasteiger partial charge in [-0.15, -0.1) is 6.58 Å². The van der Waals surface area contributed by atoms with E-state index in [9.17, 15) is 24.3 Å². The average Bonchev–Trinajstić information content (AvgIpc) is 3.30. The average molecular weight is 616 g/mol. The Labute approximate surface area is 260 Å². The molecule has 13 nitrogen and oxygen atoms in total. The number of hydrogen-bond acceptors (Lipinski definition) is 7. The van der Waals surface area contributed by atoms with Gasteiger partial charge in [0.05, 0.1) is 11.7 Å². The van der Waals surface area contributed by atoms with Crippen LogP contribution in [0.25, 0.3) is 0 Å². The van der Waals surface area contributed by atoms with Gasteiger partial charge in [-0.3, -0.25) is 19.1 Å². The van der Waals surface area contributed by atoms with Crippen LogP contribution in [0, 0.1) is 0 Å². The summed E-state index contributed by atoms with van der Waals surface area (Å²) in [6.07, 6.45) is 0.666. The first-order valence-electron chi connectivity index (χ1n) is 14.4. The Hall–Kier alpha value is -5.30. The molecule has 1 aromatic heterocycles. The maximum Gasteiger partial charge on any atom is 0.435 e. The number of benzene rings is 2. The van der Waals surface area contributed by atoms with E-state index in [-0.39, 0.29) is 43.7 Å². The number of carboxylic acid groups (broad SMARTS) is 1. The molecule has 0 aliphatic carbocycles. The zero-order chi connectivity index (χ0) is 32.7. The molecule has 0 saturated carbocycles. The predicted octanol–water partition coefficient (Wildman–Crippen LogP) is 3.43. The van der Waals surface area contributed by atoms with Gasteiger partial charge in [0.15, 0.2) is 0 Å². The number of anilines is 1. The molecule has 2 aromatic carbocycles. The predicted molar refractivity (Wildman–Crippen MR) is 169 cm³/mol. The highest BCUT2D eigenvalue weighted by Gasteiger charge is 2.46. The van der Waals surface area contributed by atoms with Gasteiger partial charge in [0.2, 0.25) is 5.91 Å². The highest BCUT2D eigenvalue weighted by atomic mass is 16.5. The van der Waals surface area contributed by atoms with Crippen LogP contribution >= 0.6 is 0 Å². The minimum absolute atomic E-state index is 0.0123. The summed E-state index contributed by atoms with van der Waals surface area (Å²) in [5, 5.41) is 15.9. The van der Waals surface area contributed by atoms with Crippen molar-refractivity contribution in [3.8, 4) is 0 Å². The Balaban J connectivity index is 1.48. The molecule has 4 rings (SSSR count). The fraction of sp³-hybridized carbons (Fsp3) is 0.312. The molecule has 45 heavy (non-hydrogen) atoms. The Morgan fingerprint density at radius 2 is 1.89 bits per heavy atom. The van der Waals surface area contributed by atoms with E-state index in [1.165, 1.54) is 16.8 Å². The van der Waals surface area contributed by atoms with Gasteiger partial charge in [-0.25, -0.2) is 14.6 Å². The van der Waals surface area contributed by atoms with Crippen molar-refractivity contribution in [1.29, 1.82) is 0 Å². The Bertz CT molecular complexity index is 1650. The maximum absolute atomic E-state index is 13.7. The number of amidine groups is 1. The third-order valence-electron chi connectivity index (χ3n) is 7.26. The summed E-state index contributed by atoms with van der Waals surface area (Å²) in [7, 11) is 0. The Morgan fingerprint density at radius 3 is 2.51 bits per heavy atom. The van der Waals surface area contributed by atoms with E-state index in [0.717, 1.165) is 16.0 Å². The summed E-state index contributed by atoms with van der Waals surface area (Å²) < 4.78 is 6.42. The standard InChI is InChI=1S/C32H37N7O6/c1-5-15-38(31(43)44)25-18-35-29-32(4,37-20(2)3)16-24(39(29)28(25)41)27(40)34-17-21-11-13-23(14-12-21)26(33)36-30(42)45-19-22-9-7-6-8-10-22/h5-14,18,20,24,37H,1,15-17,19H2,2-4H3,(H,34,40)(H,43,44)(H2,33,36,42). The molecule has 0 radical (unpaired) electrons. The second-order valence-corrected chi connectivity index (χ2v) is 11.1. The normalized spacial score (nSPS) is 17.4. The molecule has 0 saturated heterocycles. The van der Waals surface area contributed by atoms with Crippen LogP contribution in [0.2, 0.25) is 0 Å².